The SMILES string of the molecule is CCN(C)[C@@H](C(=O)C(S)S)c1ccccc1. The highest BCUT2D eigenvalue weighted by molar-refractivity contribution is 8.00. The zero-order valence-electron chi connectivity index (χ0n) is 9.50. The van der Waals surface area contributed by atoms with Crippen LogP contribution in [-0.4, -0.2) is 28.9 Å². The highest BCUT2D eigenvalue weighted by Crippen LogP contribution is 2.24. The Morgan fingerprint density at radius 3 is 2.31 bits per heavy atom. The van der Waals surface area contributed by atoms with Gasteiger partial charge in [-0.05, 0) is 19.2 Å². The summed E-state index contributed by atoms with van der Waals surface area (Å²) in [6.45, 7) is 2.83. The monoisotopic (exact) mass is 255 g/mol. The van der Waals surface area contributed by atoms with Gasteiger partial charge in [-0.25, -0.2) is 0 Å². The predicted molar refractivity (Wildman–Crippen MR) is 74.3 cm³/mol. The fraction of sp³-hybridized carbons (Fsp3) is 0.417. The zero-order valence-corrected chi connectivity index (χ0v) is 11.3. The summed E-state index contributed by atoms with van der Waals surface area (Å²) in [5.74, 6) is 0.0159. The molecule has 0 aliphatic heterocycles. The molecule has 0 spiro atoms. The number of carbonyl (C=O) groups excluding carboxylic acids is 1. The van der Waals surface area contributed by atoms with E-state index in [4.69, 9.17) is 0 Å². The summed E-state index contributed by atoms with van der Waals surface area (Å²) in [7, 11) is 1.93. The molecule has 88 valence electrons. The van der Waals surface area contributed by atoms with E-state index in [-0.39, 0.29) is 11.8 Å². The topological polar surface area (TPSA) is 20.3 Å². The molecule has 0 aliphatic rings. The van der Waals surface area contributed by atoms with E-state index in [9.17, 15) is 4.79 Å². The van der Waals surface area contributed by atoms with Gasteiger partial charge >= 0.3 is 0 Å². The third-order valence-electron chi connectivity index (χ3n) is 2.58. The molecule has 16 heavy (non-hydrogen) atoms. The van der Waals surface area contributed by atoms with Gasteiger partial charge in [0.15, 0.2) is 5.78 Å². The second-order valence-corrected chi connectivity index (χ2v) is 5.10. The average molecular weight is 255 g/mol. The van der Waals surface area contributed by atoms with Crippen molar-refractivity contribution in [3.63, 3.8) is 0 Å². The highest BCUT2D eigenvalue weighted by atomic mass is 32.2. The van der Waals surface area contributed by atoms with Crippen molar-refractivity contribution in [2.45, 2.75) is 17.5 Å². The van der Waals surface area contributed by atoms with Crippen molar-refractivity contribution < 1.29 is 4.79 Å². The Morgan fingerprint density at radius 1 is 1.31 bits per heavy atom. The number of benzene rings is 1. The van der Waals surface area contributed by atoms with Crippen LogP contribution in [0.4, 0.5) is 0 Å². The standard InChI is InChI=1S/C12H17NOS2/c1-3-13(2)10(11(14)12(15)16)9-7-5-4-6-8-9/h4-8,10,12,15-16H,3H2,1-2H3/t10-/m1/s1. The van der Waals surface area contributed by atoms with E-state index in [0.29, 0.717) is 0 Å². The van der Waals surface area contributed by atoms with Crippen LogP contribution >= 0.6 is 25.3 Å². The fourth-order valence-electron chi connectivity index (χ4n) is 1.60. The molecule has 1 rings (SSSR count). The molecule has 2 nitrogen and oxygen atoms in total. The first kappa shape index (κ1) is 13.6. The molecule has 0 fully saturated rings. The number of rotatable bonds is 5. The summed E-state index contributed by atoms with van der Waals surface area (Å²) in [4.78, 5) is 14.0. The zero-order chi connectivity index (χ0) is 12.1. The number of Topliss-reactive ketones (excluding diaryl/α,β-unsaturated/α-hetero) is 1. The molecular weight excluding hydrogens is 238 g/mol. The van der Waals surface area contributed by atoms with E-state index in [0.717, 1.165) is 12.1 Å². The molecule has 0 bridgehead atoms. The first-order valence-electron chi connectivity index (χ1n) is 5.23. The minimum Gasteiger partial charge on any atom is -0.295 e. The number of carbonyl (C=O) groups is 1. The summed E-state index contributed by atoms with van der Waals surface area (Å²) in [6.07, 6.45) is 0. The summed E-state index contributed by atoms with van der Waals surface area (Å²) in [5, 5.41) is 0. The average Bonchev–Trinajstić information content (AvgIpc) is 2.30. The lowest BCUT2D eigenvalue weighted by Crippen LogP contribution is -2.33. The Hall–Kier alpha value is -0.450. The van der Waals surface area contributed by atoms with Gasteiger partial charge in [0, 0.05) is 0 Å². The molecule has 0 N–H and O–H groups in total. The molecule has 0 unspecified atom stereocenters. The van der Waals surface area contributed by atoms with Gasteiger partial charge in [-0.1, -0.05) is 37.3 Å². The minimum atomic E-state index is -0.542. The van der Waals surface area contributed by atoms with Crippen molar-refractivity contribution in [1.82, 2.24) is 4.90 Å². The van der Waals surface area contributed by atoms with Crippen molar-refractivity contribution in [2.75, 3.05) is 13.6 Å². The quantitative estimate of drug-likeness (QED) is 0.622. The maximum absolute atomic E-state index is 12.0. The van der Waals surface area contributed by atoms with E-state index >= 15 is 0 Å². The first-order chi connectivity index (χ1) is 7.57. The number of ketones is 1. The van der Waals surface area contributed by atoms with Crippen LogP contribution in [0.5, 0.6) is 0 Å². The Labute approximate surface area is 108 Å². The van der Waals surface area contributed by atoms with Crippen LogP contribution in [0.2, 0.25) is 0 Å². The summed E-state index contributed by atoms with van der Waals surface area (Å²) >= 11 is 8.21. The smallest absolute Gasteiger partial charge is 0.176 e. The highest BCUT2D eigenvalue weighted by Gasteiger charge is 2.26. The van der Waals surface area contributed by atoms with E-state index in [2.05, 4.69) is 25.3 Å². The van der Waals surface area contributed by atoms with E-state index in [1.54, 1.807) is 0 Å². The van der Waals surface area contributed by atoms with Crippen molar-refractivity contribution in [3.8, 4) is 0 Å². The molecule has 0 aliphatic carbocycles. The van der Waals surface area contributed by atoms with Gasteiger partial charge in [0.1, 0.15) is 4.58 Å². The molecule has 0 saturated carbocycles. The third kappa shape index (κ3) is 3.27. The van der Waals surface area contributed by atoms with Crippen LogP contribution in [-0.2, 0) is 4.79 Å². The van der Waals surface area contributed by atoms with Crippen molar-refractivity contribution >= 4 is 31.0 Å². The van der Waals surface area contributed by atoms with Gasteiger partial charge in [0.25, 0.3) is 0 Å². The van der Waals surface area contributed by atoms with Crippen LogP contribution in [0.25, 0.3) is 0 Å². The predicted octanol–water partition coefficient (Wildman–Crippen LogP) is 2.43. The van der Waals surface area contributed by atoms with Crippen LogP contribution in [0.15, 0.2) is 30.3 Å². The van der Waals surface area contributed by atoms with Gasteiger partial charge in [0.05, 0.1) is 6.04 Å². The molecule has 1 aromatic carbocycles. The Morgan fingerprint density at radius 2 is 1.88 bits per heavy atom. The largest absolute Gasteiger partial charge is 0.295 e. The van der Waals surface area contributed by atoms with Gasteiger partial charge in [-0.3, -0.25) is 9.69 Å². The second kappa shape index (κ2) is 6.33. The first-order valence-corrected chi connectivity index (χ1v) is 6.26. The Balaban J connectivity index is 3.01. The number of nitrogens with zero attached hydrogens (tertiary/aromatic N) is 1. The van der Waals surface area contributed by atoms with Crippen LogP contribution in [0.3, 0.4) is 0 Å². The summed E-state index contributed by atoms with van der Waals surface area (Å²) in [5.41, 5.74) is 0.991. The molecule has 0 saturated heterocycles. The molecule has 0 aromatic heterocycles. The van der Waals surface area contributed by atoms with Crippen LogP contribution < -0.4 is 0 Å². The Kier molecular flexibility index (Phi) is 5.38. The van der Waals surface area contributed by atoms with Gasteiger partial charge < -0.3 is 0 Å². The molecule has 0 heterocycles. The molecule has 4 heteroatoms. The minimum absolute atomic E-state index is 0.0159. The number of likely N-dealkylation sites (N-methyl/N-ethyl adjacent to an activating group) is 1. The Bertz CT molecular complexity index is 340. The number of hydrogen-bond donors (Lipinski definition) is 2. The van der Waals surface area contributed by atoms with Crippen LogP contribution in [0, 0.1) is 0 Å². The summed E-state index contributed by atoms with van der Waals surface area (Å²) in [6, 6.07) is 9.47. The molecule has 0 radical (unpaired) electrons. The van der Waals surface area contributed by atoms with E-state index in [1.165, 1.54) is 0 Å². The summed E-state index contributed by atoms with van der Waals surface area (Å²) < 4.78 is -0.542. The number of hydrogen-bond acceptors (Lipinski definition) is 4. The third-order valence-corrected chi connectivity index (χ3v) is 3.09. The molecule has 0 amide bonds. The van der Waals surface area contributed by atoms with E-state index in [1.807, 2.05) is 49.2 Å². The van der Waals surface area contributed by atoms with Crippen molar-refractivity contribution in [3.05, 3.63) is 35.9 Å². The lowest BCUT2D eigenvalue weighted by atomic mass is 10.0. The van der Waals surface area contributed by atoms with Crippen molar-refractivity contribution in [1.29, 1.82) is 0 Å². The fourth-order valence-corrected chi connectivity index (χ4v) is 1.88. The van der Waals surface area contributed by atoms with E-state index < -0.39 is 4.58 Å². The molecular formula is C12H17NOS2. The normalized spacial score (nSPS) is 13.1. The maximum Gasteiger partial charge on any atom is 0.176 e. The van der Waals surface area contributed by atoms with Crippen molar-refractivity contribution in [2.24, 2.45) is 0 Å². The molecule has 1 atom stereocenters. The lowest BCUT2D eigenvalue weighted by molar-refractivity contribution is -0.122. The van der Waals surface area contributed by atoms with Gasteiger partial charge in [0.2, 0.25) is 0 Å². The molecule has 1 aromatic rings. The van der Waals surface area contributed by atoms with Gasteiger partial charge in [-0.2, -0.15) is 25.3 Å². The second-order valence-electron chi connectivity index (χ2n) is 3.66. The van der Waals surface area contributed by atoms with Gasteiger partial charge in [-0.15, -0.1) is 0 Å². The lowest BCUT2D eigenvalue weighted by Gasteiger charge is -2.27. The van der Waals surface area contributed by atoms with Crippen LogP contribution in [0.1, 0.15) is 18.5 Å². The maximum atomic E-state index is 12.0. The number of thiol groups is 2.